The second kappa shape index (κ2) is 9.29. The Bertz CT molecular complexity index is 834. The van der Waals surface area contributed by atoms with E-state index in [9.17, 15) is 4.79 Å². The van der Waals surface area contributed by atoms with Crippen LogP contribution in [0.4, 0.5) is 4.79 Å². The number of carbonyl (C=O) groups excluding carboxylic acids is 1. The van der Waals surface area contributed by atoms with E-state index in [1.807, 2.05) is 30.0 Å². The summed E-state index contributed by atoms with van der Waals surface area (Å²) in [6.07, 6.45) is 7.20. The number of aromatic nitrogens is 3. The number of nitrogens with zero attached hydrogens (tertiary/aromatic N) is 4. The first kappa shape index (κ1) is 19.7. The largest absolute Gasteiger partial charge is 0.494 e. The Kier molecular flexibility index (Phi) is 6.32. The monoisotopic (exact) mass is 397 g/mol. The van der Waals surface area contributed by atoms with Gasteiger partial charge in [0.1, 0.15) is 11.6 Å². The number of nitrogens with one attached hydrogen (secondary N) is 1. The van der Waals surface area contributed by atoms with Crippen LogP contribution in [0.5, 0.6) is 5.75 Å². The first-order chi connectivity index (χ1) is 14.3. The number of benzene rings is 1. The number of carbonyl (C=O) groups is 1. The number of ether oxygens (including phenoxy) is 1. The average Bonchev–Trinajstić information content (AvgIpc) is 3.19. The van der Waals surface area contributed by atoms with Gasteiger partial charge in [-0.1, -0.05) is 18.2 Å². The topological polar surface area (TPSA) is 72.3 Å². The molecular weight excluding hydrogens is 366 g/mol. The van der Waals surface area contributed by atoms with Crippen LogP contribution in [0.1, 0.15) is 62.3 Å². The van der Waals surface area contributed by atoms with Crippen LogP contribution in [0.25, 0.3) is 0 Å². The molecule has 1 atom stereocenters. The van der Waals surface area contributed by atoms with Crippen LogP contribution in [0.3, 0.4) is 0 Å². The number of hydrogen-bond acceptors (Lipinski definition) is 4. The molecule has 4 rings (SSSR count). The molecule has 3 heterocycles. The molecule has 1 fully saturated rings. The van der Waals surface area contributed by atoms with Crippen LogP contribution in [0.15, 0.2) is 24.3 Å². The van der Waals surface area contributed by atoms with Gasteiger partial charge in [0.15, 0.2) is 5.82 Å². The molecule has 2 aliphatic heterocycles. The number of para-hydroxylation sites is 1. The number of likely N-dealkylation sites (tertiary alicyclic amines) is 1. The van der Waals surface area contributed by atoms with E-state index in [1.165, 1.54) is 6.42 Å². The van der Waals surface area contributed by atoms with Crippen LogP contribution in [0.2, 0.25) is 0 Å². The second-order valence-corrected chi connectivity index (χ2v) is 7.81. The van der Waals surface area contributed by atoms with Crippen molar-refractivity contribution >= 4 is 6.03 Å². The third-order valence-electron chi connectivity index (χ3n) is 5.89. The number of piperidine rings is 1. The maximum absolute atomic E-state index is 13.0. The summed E-state index contributed by atoms with van der Waals surface area (Å²) in [6.45, 7) is 4.95. The quantitative estimate of drug-likeness (QED) is 0.810. The number of urea groups is 1. The normalized spacial score (nSPS) is 18.9. The lowest BCUT2D eigenvalue weighted by Crippen LogP contribution is -2.46. The zero-order valence-corrected chi connectivity index (χ0v) is 17.3. The molecule has 1 aromatic heterocycles. The molecule has 7 heteroatoms. The highest BCUT2D eigenvalue weighted by Gasteiger charge is 2.32. The highest BCUT2D eigenvalue weighted by Crippen LogP contribution is 2.31. The SMILES string of the molecule is CCOc1ccccc1CCNC(=O)N1CCCC[C@H]1c1nnc2n1CCCC2. The van der Waals surface area contributed by atoms with Gasteiger partial charge in [-0.05, 0) is 57.1 Å². The third kappa shape index (κ3) is 4.38. The number of fused-ring (bicyclic) bond motifs is 1. The van der Waals surface area contributed by atoms with Crippen molar-refractivity contribution in [1.82, 2.24) is 25.0 Å². The Hall–Kier alpha value is -2.57. The Morgan fingerprint density at radius 1 is 1.17 bits per heavy atom. The first-order valence-corrected chi connectivity index (χ1v) is 10.9. The predicted octanol–water partition coefficient (Wildman–Crippen LogP) is 3.49. The summed E-state index contributed by atoms with van der Waals surface area (Å²) in [4.78, 5) is 15.0. The third-order valence-corrected chi connectivity index (χ3v) is 5.89. The molecule has 1 N–H and O–H groups in total. The van der Waals surface area contributed by atoms with E-state index < -0.39 is 0 Å². The molecule has 0 spiro atoms. The maximum atomic E-state index is 13.0. The van der Waals surface area contributed by atoms with Crippen molar-refractivity contribution < 1.29 is 9.53 Å². The molecule has 0 saturated carbocycles. The number of rotatable bonds is 6. The molecule has 0 radical (unpaired) electrons. The van der Waals surface area contributed by atoms with Crippen molar-refractivity contribution in [2.75, 3.05) is 19.7 Å². The van der Waals surface area contributed by atoms with Crippen LogP contribution in [-0.4, -0.2) is 45.4 Å². The van der Waals surface area contributed by atoms with Gasteiger partial charge in [0.2, 0.25) is 0 Å². The number of amides is 2. The highest BCUT2D eigenvalue weighted by atomic mass is 16.5. The van der Waals surface area contributed by atoms with Crippen molar-refractivity contribution in [3.8, 4) is 5.75 Å². The van der Waals surface area contributed by atoms with Gasteiger partial charge in [-0.15, -0.1) is 10.2 Å². The molecule has 1 aromatic carbocycles. The fourth-order valence-electron chi connectivity index (χ4n) is 4.43. The molecule has 1 saturated heterocycles. The molecule has 0 aliphatic carbocycles. The summed E-state index contributed by atoms with van der Waals surface area (Å²) in [5.74, 6) is 2.94. The van der Waals surface area contributed by atoms with Crippen molar-refractivity contribution in [3.63, 3.8) is 0 Å². The van der Waals surface area contributed by atoms with Gasteiger partial charge in [0.05, 0.1) is 12.6 Å². The summed E-state index contributed by atoms with van der Waals surface area (Å²) in [5.41, 5.74) is 1.12. The van der Waals surface area contributed by atoms with Gasteiger partial charge in [-0.3, -0.25) is 0 Å². The Morgan fingerprint density at radius 3 is 2.93 bits per heavy atom. The van der Waals surface area contributed by atoms with Crippen molar-refractivity contribution in [1.29, 1.82) is 0 Å². The lowest BCUT2D eigenvalue weighted by atomic mass is 10.0. The van der Waals surface area contributed by atoms with Crippen molar-refractivity contribution in [3.05, 3.63) is 41.5 Å². The van der Waals surface area contributed by atoms with Gasteiger partial charge >= 0.3 is 6.03 Å². The van der Waals surface area contributed by atoms with Gasteiger partial charge < -0.3 is 19.5 Å². The van der Waals surface area contributed by atoms with Crippen molar-refractivity contribution in [2.45, 2.75) is 64.5 Å². The molecule has 7 nitrogen and oxygen atoms in total. The fraction of sp³-hybridized carbons (Fsp3) is 0.591. The van der Waals surface area contributed by atoms with E-state index in [1.54, 1.807) is 0 Å². The van der Waals surface area contributed by atoms with Gasteiger partial charge in [-0.25, -0.2) is 4.79 Å². The Morgan fingerprint density at radius 2 is 2.03 bits per heavy atom. The van der Waals surface area contributed by atoms with E-state index >= 15 is 0 Å². The highest BCUT2D eigenvalue weighted by molar-refractivity contribution is 5.74. The lowest BCUT2D eigenvalue weighted by molar-refractivity contribution is 0.145. The van der Waals surface area contributed by atoms with E-state index in [4.69, 9.17) is 4.74 Å². The van der Waals surface area contributed by atoms with Gasteiger partial charge in [0.25, 0.3) is 0 Å². The van der Waals surface area contributed by atoms with Crippen molar-refractivity contribution in [2.24, 2.45) is 0 Å². The molecular formula is C22H31N5O2. The van der Waals surface area contributed by atoms with Gasteiger partial charge in [-0.2, -0.15) is 0 Å². The molecule has 29 heavy (non-hydrogen) atoms. The van der Waals surface area contributed by atoms with E-state index in [-0.39, 0.29) is 12.1 Å². The second-order valence-electron chi connectivity index (χ2n) is 7.81. The number of hydrogen-bond donors (Lipinski definition) is 1. The Labute approximate surface area is 172 Å². The summed E-state index contributed by atoms with van der Waals surface area (Å²) >= 11 is 0. The van der Waals surface area contributed by atoms with Gasteiger partial charge in [0, 0.05) is 26.1 Å². The standard InChI is InChI=1S/C22H31N5O2/c1-2-29-19-11-4-3-9-17(19)13-14-23-22(28)26-15-7-5-10-18(26)21-25-24-20-12-6-8-16-27(20)21/h3-4,9,11,18H,2,5-8,10,12-16H2,1H3,(H,23,28)/t18-/m0/s1. The Balaban J connectivity index is 1.40. The molecule has 2 aromatic rings. The predicted molar refractivity (Wildman–Crippen MR) is 111 cm³/mol. The zero-order valence-electron chi connectivity index (χ0n) is 17.3. The summed E-state index contributed by atoms with van der Waals surface area (Å²) in [5, 5.41) is 12.0. The minimum atomic E-state index is -0.00301. The molecule has 2 aliphatic rings. The van der Waals surface area contributed by atoms with E-state index in [2.05, 4.69) is 26.1 Å². The summed E-state index contributed by atoms with van der Waals surface area (Å²) in [7, 11) is 0. The maximum Gasteiger partial charge on any atom is 0.318 e. The molecule has 0 bridgehead atoms. The van der Waals surface area contributed by atoms with E-state index in [0.717, 1.165) is 74.6 Å². The van der Waals surface area contributed by atoms with Crippen LogP contribution in [0, 0.1) is 0 Å². The number of aryl methyl sites for hydroxylation is 1. The lowest BCUT2D eigenvalue weighted by Gasteiger charge is -2.35. The molecule has 0 unspecified atom stereocenters. The minimum Gasteiger partial charge on any atom is -0.494 e. The molecule has 2 amide bonds. The zero-order chi connectivity index (χ0) is 20.1. The smallest absolute Gasteiger partial charge is 0.318 e. The van der Waals surface area contributed by atoms with Crippen LogP contribution in [-0.2, 0) is 19.4 Å². The van der Waals surface area contributed by atoms with Crippen LogP contribution < -0.4 is 10.1 Å². The van der Waals surface area contributed by atoms with Crippen LogP contribution >= 0.6 is 0 Å². The molecule has 156 valence electrons. The first-order valence-electron chi connectivity index (χ1n) is 10.9. The average molecular weight is 398 g/mol. The minimum absolute atomic E-state index is 0.00301. The summed E-state index contributed by atoms with van der Waals surface area (Å²) in [6, 6.07) is 8.05. The van der Waals surface area contributed by atoms with E-state index in [0.29, 0.717) is 13.2 Å². The summed E-state index contributed by atoms with van der Waals surface area (Å²) < 4.78 is 7.94. The fourth-order valence-corrected chi connectivity index (χ4v) is 4.43.